The van der Waals surface area contributed by atoms with Gasteiger partial charge in [0, 0.05) is 23.1 Å². The number of carbonyl (C=O) groups excluding carboxylic acids is 2. The number of carbonyl (C=O) groups is 2. The van der Waals surface area contributed by atoms with Crippen molar-refractivity contribution in [3.63, 3.8) is 0 Å². The number of hydrogen-bond acceptors (Lipinski definition) is 6. The molecule has 1 aromatic heterocycles. The van der Waals surface area contributed by atoms with Crippen molar-refractivity contribution in [2.45, 2.75) is 26.8 Å². The van der Waals surface area contributed by atoms with E-state index in [-0.39, 0.29) is 11.1 Å². The van der Waals surface area contributed by atoms with Gasteiger partial charge in [-0.3, -0.25) is 9.59 Å². The van der Waals surface area contributed by atoms with Crippen LogP contribution in [0.5, 0.6) is 5.75 Å². The summed E-state index contributed by atoms with van der Waals surface area (Å²) < 4.78 is 5.57. The van der Waals surface area contributed by atoms with Crippen molar-refractivity contribution >= 4 is 45.3 Å². The molecule has 0 radical (unpaired) electrons. The highest BCUT2D eigenvalue weighted by molar-refractivity contribution is 8.13. The Morgan fingerprint density at radius 1 is 1.37 bits per heavy atom. The zero-order valence-electron chi connectivity index (χ0n) is 16.9. The second kappa shape index (κ2) is 10.3. The van der Waals surface area contributed by atoms with Crippen molar-refractivity contribution in [3.05, 3.63) is 51.9 Å². The van der Waals surface area contributed by atoms with E-state index in [9.17, 15) is 14.9 Å². The SMILES string of the molecule is CCOc1ccccc1/C=C/C(=O)Nc1sc2c(c1C#N)CCN(C(=O)SCC)C2. The molecule has 1 aliphatic rings. The van der Waals surface area contributed by atoms with E-state index in [1.54, 1.807) is 11.0 Å². The second-order valence-corrected chi connectivity index (χ2v) is 8.80. The number of anilines is 1. The van der Waals surface area contributed by atoms with Gasteiger partial charge in [-0.05, 0) is 36.8 Å². The Kier molecular flexibility index (Phi) is 7.55. The van der Waals surface area contributed by atoms with Crippen molar-refractivity contribution in [1.82, 2.24) is 4.90 Å². The van der Waals surface area contributed by atoms with Crippen LogP contribution < -0.4 is 10.1 Å². The Balaban J connectivity index is 1.74. The summed E-state index contributed by atoms with van der Waals surface area (Å²) in [6, 6.07) is 9.71. The van der Waals surface area contributed by atoms with Crippen LogP contribution in [0.25, 0.3) is 6.08 Å². The summed E-state index contributed by atoms with van der Waals surface area (Å²) in [5, 5.41) is 13.0. The first-order chi connectivity index (χ1) is 14.6. The molecule has 2 aromatic rings. The van der Waals surface area contributed by atoms with Gasteiger partial charge in [0.15, 0.2) is 0 Å². The summed E-state index contributed by atoms with van der Waals surface area (Å²) in [6.07, 6.45) is 3.76. The zero-order chi connectivity index (χ0) is 21.5. The van der Waals surface area contributed by atoms with E-state index in [1.165, 1.54) is 29.2 Å². The minimum atomic E-state index is -0.314. The van der Waals surface area contributed by atoms with Crippen LogP contribution >= 0.6 is 23.1 Å². The first kappa shape index (κ1) is 21.9. The molecule has 0 saturated carbocycles. The third-order valence-electron chi connectivity index (χ3n) is 4.56. The Morgan fingerprint density at radius 3 is 2.90 bits per heavy atom. The monoisotopic (exact) mass is 441 g/mol. The van der Waals surface area contributed by atoms with Crippen LogP contribution in [0.1, 0.15) is 35.4 Å². The number of nitrogens with one attached hydrogen (secondary N) is 1. The van der Waals surface area contributed by atoms with Crippen LogP contribution in [0, 0.1) is 11.3 Å². The molecule has 6 nitrogen and oxygen atoms in total. The summed E-state index contributed by atoms with van der Waals surface area (Å²) in [5.41, 5.74) is 2.25. The fourth-order valence-electron chi connectivity index (χ4n) is 3.20. The van der Waals surface area contributed by atoms with Crippen molar-refractivity contribution in [2.75, 3.05) is 24.2 Å². The van der Waals surface area contributed by atoms with Crippen LogP contribution in [0.4, 0.5) is 9.80 Å². The van der Waals surface area contributed by atoms with Gasteiger partial charge in [0.2, 0.25) is 5.91 Å². The second-order valence-electron chi connectivity index (χ2n) is 6.48. The van der Waals surface area contributed by atoms with Crippen LogP contribution in [-0.2, 0) is 17.8 Å². The molecule has 8 heteroatoms. The van der Waals surface area contributed by atoms with E-state index in [4.69, 9.17) is 4.74 Å². The highest BCUT2D eigenvalue weighted by Crippen LogP contribution is 2.37. The van der Waals surface area contributed by atoms with E-state index in [0.29, 0.717) is 42.4 Å². The molecule has 0 fully saturated rings. The lowest BCUT2D eigenvalue weighted by molar-refractivity contribution is -0.111. The largest absolute Gasteiger partial charge is 0.493 e. The number of nitrogens with zero attached hydrogens (tertiary/aromatic N) is 2. The summed E-state index contributed by atoms with van der Waals surface area (Å²) in [5.74, 6) is 1.13. The molecule has 0 saturated heterocycles. The lowest BCUT2D eigenvalue weighted by atomic mass is 10.0. The first-order valence-corrected chi connectivity index (χ1v) is 11.5. The average Bonchev–Trinajstić information content (AvgIpc) is 3.09. The molecule has 0 atom stereocenters. The summed E-state index contributed by atoms with van der Waals surface area (Å²) in [7, 11) is 0. The van der Waals surface area contributed by atoms with Gasteiger partial charge in [-0.1, -0.05) is 36.9 Å². The number of nitriles is 1. The van der Waals surface area contributed by atoms with E-state index in [2.05, 4.69) is 11.4 Å². The maximum Gasteiger partial charge on any atom is 0.281 e. The average molecular weight is 442 g/mol. The fraction of sp³-hybridized carbons (Fsp3) is 0.318. The quantitative estimate of drug-likeness (QED) is 0.645. The van der Waals surface area contributed by atoms with Gasteiger partial charge in [0.05, 0.1) is 18.7 Å². The summed E-state index contributed by atoms with van der Waals surface area (Å²) in [4.78, 5) is 27.4. The van der Waals surface area contributed by atoms with Crippen LogP contribution in [0.2, 0.25) is 0 Å². The van der Waals surface area contributed by atoms with Crippen molar-refractivity contribution in [2.24, 2.45) is 0 Å². The standard InChI is InChI=1S/C22H23N3O3S2/c1-3-28-18-8-6-5-7-15(18)9-10-20(26)24-21-17(13-23)16-11-12-25(14-19(16)30-21)22(27)29-4-2/h5-10H,3-4,11-12,14H2,1-2H3,(H,24,26)/b10-9+. The molecule has 1 N–H and O–H groups in total. The van der Waals surface area contributed by atoms with Gasteiger partial charge in [-0.25, -0.2) is 0 Å². The minimum Gasteiger partial charge on any atom is -0.493 e. The smallest absolute Gasteiger partial charge is 0.281 e. The lowest BCUT2D eigenvalue weighted by Gasteiger charge is -2.26. The van der Waals surface area contributed by atoms with Crippen molar-refractivity contribution in [1.29, 1.82) is 5.26 Å². The number of rotatable bonds is 6. The van der Waals surface area contributed by atoms with Gasteiger partial charge >= 0.3 is 0 Å². The van der Waals surface area contributed by atoms with E-state index in [1.807, 2.05) is 38.1 Å². The number of amides is 2. The maximum absolute atomic E-state index is 12.5. The molecule has 3 rings (SSSR count). The number of ether oxygens (including phenoxy) is 1. The van der Waals surface area contributed by atoms with E-state index in [0.717, 1.165) is 21.8 Å². The molecule has 1 aromatic carbocycles. The number of thioether (sulfide) groups is 1. The maximum atomic E-state index is 12.5. The van der Waals surface area contributed by atoms with Crippen molar-refractivity contribution < 1.29 is 14.3 Å². The molecule has 1 aliphatic heterocycles. The van der Waals surface area contributed by atoms with Gasteiger partial charge in [0.25, 0.3) is 5.24 Å². The molecular formula is C22H23N3O3S2. The van der Waals surface area contributed by atoms with Gasteiger partial charge in [-0.15, -0.1) is 11.3 Å². The Bertz CT molecular complexity index is 1010. The minimum absolute atomic E-state index is 0.0524. The number of hydrogen-bond donors (Lipinski definition) is 1. The summed E-state index contributed by atoms with van der Waals surface area (Å²) in [6.45, 7) is 5.47. The van der Waals surface area contributed by atoms with Gasteiger partial charge < -0.3 is 15.0 Å². The molecule has 0 aliphatic carbocycles. The van der Waals surface area contributed by atoms with Crippen LogP contribution in [0.3, 0.4) is 0 Å². The molecule has 2 amide bonds. The number of fused-ring (bicyclic) bond motifs is 1. The third kappa shape index (κ3) is 5.04. The Labute approximate surface area is 184 Å². The molecule has 30 heavy (non-hydrogen) atoms. The zero-order valence-corrected chi connectivity index (χ0v) is 18.6. The first-order valence-electron chi connectivity index (χ1n) is 9.74. The Hall–Kier alpha value is -2.76. The van der Waals surface area contributed by atoms with Gasteiger partial charge in [0.1, 0.15) is 16.8 Å². The number of thiophene rings is 1. The molecule has 0 unspecified atom stereocenters. The van der Waals surface area contributed by atoms with Crippen LogP contribution in [0.15, 0.2) is 30.3 Å². The van der Waals surface area contributed by atoms with Crippen LogP contribution in [-0.4, -0.2) is 35.0 Å². The third-order valence-corrected chi connectivity index (χ3v) is 6.49. The van der Waals surface area contributed by atoms with E-state index < -0.39 is 0 Å². The van der Waals surface area contributed by atoms with Gasteiger partial charge in [-0.2, -0.15) is 5.26 Å². The molecular weight excluding hydrogens is 418 g/mol. The lowest BCUT2D eigenvalue weighted by Crippen LogP contribution is -2.32. The van der Waals surface area contributed by atoms with Crippen molar-refractivity contribution in [3.8, 4) is 11.8 Å². The molecule has 0 spiro atoms. The fourth-order valence-corrected chi connectivity index (χ4v) is 5.01. The van der Waals surface area contributed by atoms with E-state index >= 15 is 0 Å². The normalized spacial score (nSPS) is 13.0. The number of para-hydroxylation sites is 1. The topological polar surface area (TPSA) is 82.4 Å². The highest BCUT2D eigenvalue weighted by atomic mass is 32.2. The molecule has 156 valence electrons. The molecule has 2 heterocycles. The predicted octanol–water partition coefficient (Wildman–Crippen LogP) is 4.90. The Morgan fingerprint density at radius 2 is 2.17 bits per heavy atom. The highest BCUT2D eigenvalue weighted by Gasteiger charge is 2.27. The number of benzene rings is 1. The predicted molar refractivity (Wildman–Crippen MR) is 122 cm³/mol. The molecule has 0 bridgehead atoms. The summed E-state index contributed by atoms with van der Waals surface area (Å²) >= 11 is 2.66.